The van der Waals surface area contributed by atoms with Gasteiger partial charge in [0.15, 0.2) is 0 Å². The lowest BCUT2D eigenvalue weighted by Crippen LogP contribution is -2.45. The van der Waals surface area contributed by atoms with Gasteiger partial charge in [-0.1, -0.05) is 47.5 Å². The number of ether oxygens (including phenoxy) is 3. The molecule has 0 bridgehead atoms. The molecule has 62 heavy (non-hydrogen) atoms. The number of hydrogen-bond donors (Lipinski definition) is 1. The predicted molar refractivity (Wildman–Crippen MR) is 233 cm³/mol. The van der Waals surface area contributed by atoms with E-state index in [4.69, 9.17) is 42.4 Å². The summed E-state index contributed by atoms with van der Waals surface area (Å²) in [4.78, 5) is 22.4. The number of piperazine rings is 1. The van der Waals surface area contributed by atoms with E-state index < -0.39 is 24.8 Å². The monoisotopic (exact) mass is 907 g/mol. The highest BCUT2D eigenvalue weighted by molar-refractivity contribution is 7.13. The fraction of sp³-hybridized carbons (Fsp3) is 0.318. The van der Waals surface area contributed by atoms with Crippen molar-refractivity contribution < 1.29 is 37.3 Å². The van der Waals surface area contributed by atoms with E-state index >= 15 is 0 Å². The fourth-order valence-corrected chi connectivity index (χ4v) is 8.81. The number of halogens is 5. The zero-order valence-corrected chi connectivity index (χ0v) is 36.3. The van der Waals surface area contributed by atoms with Crippen molar-refractivity contribution in [1.82, 2.24) is 33.5 Å². The Kier molecular flexibility index (Phi) is 12.7. The number of hydrogen-bond acceptors (Lipinski definition) is 10. The molecule has 1 aliphatic heterocycles. The predicted octanol–water partition coefficient (Wildman–Crippen LogP) is 9.26. The van der Waals surface area contributed by atoms with Crippen molar-refractivity contribution in [2.75, 3.05) is 46.4 Å². The van der Waals surface area contributed by atoms with Gasteiger partial charge in [0.1, 0.15) is 37.1 Å². The quantitative estimate of drug-likeness (QED) is 0.107. The number of carboxylic acids is 1. The van der Waals surface area contributed by atoms with E-state index in [0.717, 1.165) is 82.6 Å². The third-order valence-electron chi connectivity index (χ3n) is 10.9. The van der Waals surface area contributed by atoms with Crippen molar-refractivity contribution in [2.45, 2.75) is 45.7 Å². The van der Waals surface area contributed by atoms with Crippen LogP contribution in [0.3, 0.4) is 0 Å². The van der Waals surface area contributed by atoms with Gasteiger partial charge in [-0.2, -0.15) is 22.6 Å². The number of likely N-dealkylation sites (N-methyl/N-ethyl adjacent to an activating group) is 1. The molecule has 0 radical (unpaired) electrons. The second-order valence-corrected chi connectivity index (χ2v) is 16.8. The van der Waals surface area contributed by atoms with Gasteiger partial charge in [0.05, 0.1) is 31.8 Å². The van der Waals surface area contributed by atoms with Crippen LogP contribution in [0.5, 0.6) is 17.4 Å². The van der Waals surface area contributed by atoms with Gasteiger partial charge in [-0.15, -0.1) is 0 Å². The molecular weight excluding hydrogens is 866 g/mol. The first-order chi connectivity index (χ1) is 29.7. The molecule has 324 valence electrons. The Bertz CT molecular complexity index is 2750. The van der Waals surface area contributed by atoms with E-state index in [1.807, 2.05) is 60.9 Å². The van der Waals surface area contributed by atoms with Crippen LogP contribution in [-0.4, -0.2) is 103 Å². The molecule has 0 amide bonds. The van der Waals surface area contributed by atoms with E-state index in [0.29, 0.717) is 43.6 Å². The minimum atomic E-state index is -4.47. The summed E-state index contributed by atoms with van der Waals surface area (Å²) in [5.41, 5.74) is 5.23. The SMILES string of the molecule is Cc1c(-c2cc(-n3c(C)nc4cc(Cl)ccc43)cc3snc(O[C@H](Cc4ccccc4OCc4ccnn4CC(F)(F)F)C(=O)O)c23)ccc(OCCN2CCN(C)CC2)c1Cl. The Morgan fingerprint density at radius 1 is 0.952 bits per heavy atom. The maximum absolute atomic E-state index is 13.1. The van der Waals surface area contributed by atoms with E-state index in [1.165, 1.54) is 12.3 Å². The van der Waals surface area contributed by atoms with Crippen LogP contribution in [-0.2, 0) is 24.4 Å². The summed E-state index contributed by atoms with van der Waals surface area (Å²) in [6, 6.07) is 21.4. The molecule has 3 aromatic heterocycles. The van der Waals surface area contributed by atoms with Crippen LogP contribution < -0.4 is 14.2 Å². The topological polar surface area (TPSA) is 120 Å². The number of aliphatic carboxylic acids is 1. The van der Waals surface area contributed by atoms with Crippen molar-refractivity contribution in [2.24, 2.45) is 0 Å². The van der Waals surface area contributed by atoms with Crippen LogP contribution in [0.15, 0.2) is 79.0 Å². The minimum Gasteiger partial charge on any atom is -0.491 e. The number of benzene rings is 4. The lowest BCUT2D eigenvalue weighted by atomic mass is 9.96. The number of nitrogens with zero attached hydrogens (tertiary/aromatic N) is 7. The second-order valence-electron chi connectivity index (χ2n) is 15.2. The maximum Gasteiger partial charge on any atom is 0.408 e. The highest BCUT2D eigenvalue weighted by Crippen LogP contribution is 2.44. The number of carbonyl (C=O) groups is 1. The summed E-state index contributed by atoms with van der Waals surface area (Å²) in [5.74, 6) is 0.425. The van der Waals surface area contributed by atoms with Crippen molar-refractivity contribution in [3.8, 4) is 34.2 Å². The first-order valence-corrected chi connectivity index (χ1v) is 21.3. The number of aryl methyl sites for hydroxylation is 1. The van der Waals surface area contributed by atoms with Gasteiger partial charge >= 0.3 is 12.1 Å². The third-order valence-corrected chi connectivity index (χ3v) is 12.4. The molecule has 0 unspecified atom stereocenters. The Balaban J connectivity index is 1.13. The van der Waals surface area contributed by atoms with Crippen molar-refractivity contribution in [3.05, 3.63) is 112 Å². The average Bonchev–Trinajstić information content (AvgIpc) is 3.94. The number of imidazole rings is 1. The zero-order chi connectivity index (χ0) is 43.7. The van der Waals surface area contributed by atoms with E-state index in [1.54, 1.807) is 24.3 Å². The highest BCUT2D eigenvalue weighted by atomic mass is 35.5. The van der Waals surface area contributed by atoms with Crippen LogP contribution in [0.25, 0.3) is 37.9 Å². The molecule has 1 aliphatic rings. The molecular formula is C44H42Cl2F3N7O5S. The smallest absolute Gasteiger partial charge is 0.408 e. The van der Waals surface area contributed by atoms with Crippen molar-refractivity contribution >= 4 is 61.8 Å². The van der Waals surface area contributed by atoms with Gasteiger partial charge in [-0.25, -0.2) is 9.78 Å². The molecule has 12 nitrogen and oxygen atoms in total. The molecule has 7 aromatic rings. The van der Waals surface area contributed by atoms with Crippen LogP contribution in [0.1, 0.15) is 22.6 Å². The Labute approximate surface area is 369 Å². The molecule has 0 aliphatic carbocycles. The molecule has 4 aromatic carbocycles. The molecule has 18 heteroatoms. The number of fused-ring (bicyclic) bond motifs is 2. The number of alkyl halides is 3. The standard InChI is InChI=1S/C44H42Cl2F3N7O5S/c1-26-32(9-11-37(41(26)46)59-19-18-54-16-14-53(3)15-17-54)33-22-31(56-27(2)51-34-21-29(45)8-10-35(34)56)23-39-40(33)42(52-62-39)61-38(43(57)58)20-28-6-4-5-7-36(28)60-24-30-12-13-50-55(30)25-44(47,48)49/h4-13,21-23,38H,14-20,24-25H2,1-3H3,(H,57,58)/t38-/m1/s1. The summed E-state index contributed by atoms with van der Waals surface area (Å²) < 4.78 is 66.2. The Morgan fingerprint density at radius 2 is 1.74 bits per heavy atom. The fourth-order valence-electron chi connectivity index (χ4n) is 7.64. The molecule has 4 heterocycles. The number of rotatable bonds is 15. The van der Waals surface area contributed by atoms with E-state index in [-0.39, 0.29) is 30.4 Å². The Hall–Kier alpha value is -5.39. The zero-order valence-electron chi connectivity index (χ0n) is 34.0. The number of aromatic nitrogens is 5. The molecule has 1 saturated heterocycles. The van der Waals surface area contributed by atoms with E-state index in [9.17, 15) is 23.1 Å². The first-order valence-electron chi connectivity index (χ1n) is 19.8. The van der Waals surface area contributed by atoms with Crippen LogP contribution in [0, 0.1) is 13.8 Å². The number of carboxylic acid groups (broad SMARTS) is 1. The van der Waals surface area contributed by atoms with Gasteiger partial charge in [-0.3, -0.25) is 14.1 Å². The van der Waals surface area contributed by atoms with E-state index in [2.05, 4.69) is 26.3 Å². The second kappa shape index (κ2) is 18.1. The molecule has 1 N–H and O–H groups in total. The van der Waals surface area contributed by atoms with Crippen LogP contribution in [0.2, 0.25) is 10.0 Å². The molecule has 1 atom stereocenters. The van der Waals surface area contributed by atoms with Gasteiger partial charge in [0.25, 0.3) is 0 Å². The van der Waals surface area contributed by atoms with Gasteiger partial charge in [-0.05, 0) is 103 Å². The number of para-hydroxylation sites is 1. The van der Waals surface area contributed by atoms with Gasteiger partial charge < -0.3 is 24.2 Å². The Morgan fingerprint density at radius 3 is 2.52 bits per heavy atom. The normalized spacial score (nSPS) is 14.5. The maximum atomic E-state index is 13.1. The molecule has 1 fully saturated rings. The van der Waals surface area contributed by atoms with Crippen molar-refractivity contribution in [1.29, 1.82) is 0 Å². The lowest BCUT2D eigenvalue weighted by molar-refractivity contribution is -0.145. The molecule has 8 rings (SSSR count). The highest BCUT2D eigenvalue weighted by Gasteiger charge is 2.30. The molecule has 0 saturated carbocycles. The first kappa shape index (κ1) is 43.3. The van der Waals surface area contributed by atoms with Gasteiger partial charge in [0.2, 0.25) is 12.0 Å². The van der Waals surface area contributed by atoms with Crippen molar-refractivity contribution in [3.63, 3.8) is 0 Å². The third kappa shape index (κ3) is 9.49. The van der Waals surface area contributed by atoms with Crippen LogP contribution in [0.4, 0.5) is 13.2 Å². The molecule has 0 spiro atoms. The average molecular weight is 909 g/mol. The van der Waals surface area contributed by atoms with Crippen LogP contribution >= 0.6 is 34.7 Å². The summed E-state index contributed by atoms with van der Waals surface area (Å²) in [6.07, 6.45) is -4.78. The van der Waals surface area contributed by atoms with Gasteiger partial charge in [0, 0.05) is 56.1 Å². The summed E-state index contributed by atoms with van der Waals surface area (Å²) in [6.45, 7) is 7.53. The largest absolute Gasteiger partial charge is 0.491 e. The summed E-state index contributed by atoms with van der Waals surface area (Å²) in [5, 5.41) is 15.9. The minimum absolute atomic E-state index is 0.107. The summed E-state index contributed by atoms with van der Waals surface area (Å²) in [7, 11) is 2.12. The summed E-state index contributed by atoms with van der Waals surface area (Å²) >= 11 is 14.6. The lowest BCUT2D eigenvalue weighted by Gasteiger charge is -2.32.